The molecular formula is C21H26ClNO3. The van der Waals surface area contributed by atoms with Crippen molar-refractivity contribution in [1.82, 2.24) is 0 Å². The molecule has 0 bridgehead atoms. The molecule has 0 aliphatic carbocycles. The molecule has 2 rings (SSSR count). The van der Waals surface area contributed by atoms with E-state index in [9.17, 15) is 9.59 Å². The molecule has 2 aromatic rings. The van der Waals surface area contributed by atoms with Crippen molar-refractivity contribution in [3.8, 4) is 0 Å². The number of ether oxygens (including phenoxy) is 1. The fourth-order valence-electron chi connectivity index (χ4n) is 1.82. The highest BCUT2D eigenvalue weighted by atomic mass is 35.5. The number of likely N-dealkylation sites (N-methyl/N-ethyl adjacent to an activating group) is 1. The Labute approximate surface area is 162 Å². The van der Waals surface area contributed by atoms with E-state index in [0.29, 0.717) is 6.61 Å². The fourth-order valence-corrected chi connectivity index (χ4v) is 1.82. The number of nitrogens with zero attached hydrogens (tertiary/aromatic N) is 1. The van der Waals surface area contributed by atoms with Gasteiger partial charge in [-0.1, -0.05) is 67.2 Å². The largest absolute Gasteiger partial charge is 1.00 e. The SMILES string of the molecule is C=CC(=O)OCC[N+](C)(C)C.O=C(c1ccccc1)c1ccccc1.[Cl-]. The molecule has 0 unspecified atom stereocenters. The van der Waals surface area contributed by atoms with Crippen LogP contribution in [0.1, 0.15) is 15.9 Å². The first-order chi connectivity index (χ1) is 11.8. The monoisotopic (exact) mass is 375 g/mol. The van der Waals surface area contributed by atoms with E-state index in [-0.39, 0.29) is 24.2 Å². The van der Waals surface area contributed by atoms with Gasteiger partial charge in [-0.05, 0) is 0 Å². The lowest BCUT2D eigenvalue weighted by Gasteiger charge is -2.23. The van der Waals surface area contributed by atoms with Crippen LogP contribution >= 0.6 is 0 Å². The summed E-state index contributed by atoms with van der Waals surface area (Å²) >= 11 is 0. The standard InChI is InChI=1S/C13H10O.C8H16NO2.ClH/c14-13(11-7-3-1-4-8-11)12-9-5-2-6-10-12;1-5-8(10)11-7-6-9(2,3)4;/h1-10H;5H,1,6-7H2,2-4H3;1H/q;+1;/p-1. The Hall–Kier alpha value is -2.43. The van der Waals surface area contributed by atoms with E-state index in [1.807, 2.05) is 81.8 Å². The maximum absolute atomic E-state index is 11.8. The molecule has 0 aliphatic rings. The van der Waals surface area contributed by atoms with Crippen molar-refractivity contribution in [2.75, 3.05) is 34.3 Å². The first-order valence-electron chi connectivity index (χ1n) is 8.08. The summed E-state index contributed by atoms with van der Waals surface area (Å²) in [6, 6.07) is 18.6. The molecule has 0 saturated carbocycles. The van der Waals surface area contributed by atoms with Gasteiger partial charge in [0.2, 0.25) is 0 Å². The van der Waals surface area contributed by atoms with Gasteiger partial charge in [-0.25, -0.2) is 4.79 Å². The molecule has 0 radical (unpaired) electrons. The summed E-state index contributed by atoms with van der Waals surface area (Å²) < 4.78 is 5.59. The van der Waals surface area contributed by atoms with Crippen LogP contribution in [0.2, 0.25) is 0 Å². The quantitative estimate of drug-likeness (QED) is 0.316. The zero-order valence-electron chi connectivity index (χ0n) is 15.5. The molecule has 0 spiro atoms. The third-order valence-electron chi connectivity index (χ3n) is 3.25. The van der Waals surface area contributed by atoms with Crippen LogP contribution in [0.5, 0.6) is 0 Å². The number of carbonyl (C=O) groups is 2. The molecule has 0 aliphatic heterocycles. The van der Waals surface area contributed by atoms with Crippen LogP contribution in [0.25, 0.3) is 0 Å². The van der Waals surface area contributed by atoms with E-state index in [1.165, 1.54) is 6.08 Å². The third kappa shape index (κ3) is 9.77. The second-order valence-corrected chi connectivity index (χ2v) is 6.45. The van der Waals surface area contributed by atoms with Crippen molar-refractivity contribution in [2.24, 2.45) is 0 Å². The average molecular weight is 376 g/mol. The topological polar surface area (TPSA) is 43.4 Å². The highest BCUT2D eigenvalue weighted by molar-refractivity contribution is 6.08. The number of hydrogen-bond donors (Lipinski definition) is 0. The summed E-state index contributed by atoms with van der Waals surface area (Å²) in [7, 11) is 6.13. The lowest BCUT2D eigenvalue weighted by molar-refractivity contribution is -0.870. The smallest absolute Gasteiger partial charge is 0.330 e. The van der Waals surface area contributed by atoms with Crippen molar-refractivity contribution < 1.29 is 31.2 Å². The van der Waals surface area contributed by atoms with Crippen LogP contribution in [0, 0.1) is 0 Å². The first kappa shape index (κ1) is 23.6. The lowest BCUT2D eigenvalue weighted by atomic mass is 10.0. The molecule has 5 heteroatoms. The van der Waals surface area contributed by atoms with Crippen LogP contribution in [0.15, 0.2) is 73.3 Å². The Morgan fingerprint density at radius 1 is 0.923 bits per heavy atom. The van der Waals surface area contributed by atoms with Crippen molar-refractivity contribution in [1.29, 1.82) is 0 Å². The van der Waals surface area contributed by atoms with E-state index in [0.717, 1.165) is 22.2 Å². The Kier molecular flexibility index (Phi) is 10.9. The zero-order chi connectivity index (χ0) is 18.7. The first-order valence-corrected chi connectivity index (χ1v) is 8.08. The van der Waals surface area contributed by atoms with Gasteiger partial charge in [0, 0.05) is 17.2 Å². The van der Waals surface area contributed by atoms with E-state index in [2.05, 4.69) is 6.58 Å². The normalized spacial score (nSPS) is 9.81. The summed E-state index contributed by atoms with van der Waals surface area (Å²) in [5.41, 5.74) is 1.47. The molecule has 2 aromatic carbocycles. The van der Waals surface area contributed by atoms with Crippen LogP contribution in [0.3, 0.4) is 0 Å². The minimum atomic E-state index is -0.349. The molecule has 140 valence electrons. The molecule has 0 heterocycles. The molecule has 0 amide bonds. The number of carbonyl (C=O) groups excluding carboxylic acids is 2. The molecule has 0 atom stereocenters. The molecule has 0 aromatic heterocycles. The Balaban J connectivity index is 0.000000479. The second kappa shape index (κ2) is 12.0. The van der Waals surface area contributed by atoms with Crippen LogP contribution in [0.4, 0.5) is 0 Å². The number of esters is 1. The highest BCUT2D eigenvalue weighted by Gasteiger charge is 2.07. The predicted octanol–water partition coefficient (Wildman–Crippen LogP) is 0.343. The summed E-state index contributed by atoms with van der Waals surface area (Å²) in [4.78, 5) is 22.4. The number of quaternary nitrogens is 1. The molecule has 0 saturated heterocycles. The fraction of sp³-hybridized carbons (Fsp3) is 0.238. The van der Waals surface area contributed by atoms with E-state index in [1.54, 1.807) is 0 Å². The number of hydrogen-bond acceptors (Lipinski definition) is 3. The van der Waals surface area contributed by atoms with Gasteiger partial charge in [-0.15, -0.1) is 0 Å². The number of ketones is 1. The number of rotatable bonds is 6. The minimum absolute atomic E-state index is 0. The van der Waals surface area contributed by atoms with Crippen LogP contribution < -0.4 is 12.4 Å². The predicted molar refractivity (Wildman–Crippen MR) is 100 cm³/mol. The molecule has 0 fully saturated rings. The summed E-state index contributed by atoms with van der Waals surface area (Å²) in [5, 5.41) is 0. The Morgan fingerprint density at radius 3 is 1.69 bits per heavy atom. The molecule has 0 N–H and O–H groups in total. The number of halogens is 1. The third-order valence-corrected chi connectivity index (χ3v) is 3.25. The van der Waals surface area contributed by atoms with Gasteiger partial charge in [-0.2, -0.15) is 0 Å². The Morgan fingerprint density at radius 2 is 1.35 bits per heavy atom. The summed E-state index contributed by atoms with van der Waals surface area (Å²) in [6.45, 7) is 4.57. The van der Waals surface area contributed by atoms with Gasteiger partial charge in [0.15, 0.2) is 5.78 Å². The van der Waals surface area contributed by atoms with Gasteiger partial charge < -0.3 is 21.6 Å². The van der Waals surface area contributed by atoms with Gasteiger partial charge in [0.25, 0.3) is 0 Å². The van der Waals surface area contributed by atoms with Crippen molar-refractivity contribution >= 4 is 11.8 Å². The van der Waals surface area contributed by atoms with Gasteiger partial charge in [0.1, 0.15) is 13.2 Å². The van der Waals surface area contributed by atoms with Gasteiger partial charge in [-0.3, -0.25) is 4.79 Å². The maximum atomic E-state index is 11.8. The van der Waals surface area contributed by atoms with Crippen LogP contribution in [-0.4, -0.2) is 50.5 Å². The number of benzene rings is 2. The van der Waals surface area contributed by atoms with E-state index >= 15 is 0 Å². The Bertz CT molecular complexity index is 638. The molecular weight excluding hydrogens is 350 g/mol. The molecule has 4 nitrogen and oxygen atoms in total. The van der Waals surface area contributed by atoms with E-state index < -0.39 is 0 Å². The summed E-state index contributed by atoms with van der Waals surface area (Å²) in [5.74, 6) is -0.273. The van der Waals surface area contributed by atoms with Gasteiger partial charge >= 0.3 is 5.97 Å². The van der Waals surface area contributed by atoms with E-state index in [4.69, 9.17) is 4.74 Å². The lowest BCUT2D eigenvalue weighted by Crippen LogP contribution is -3.00. The maximum Gasteiger partial charge on any atom is 0.330 e. The minimum Gasteiger partial charge on any atom is -1.00 e. The zero-order valence-corrected chi connectivity index (χ0v) is 16.3. The summed E-state index contributed by atoms with van der Waals surface area (Å²) in [6.07, 6.45) is 1.18. The van der Waals surface area contributed by atoms with Crippen molar-refractivity contribution in [3.63, 3.8) is 0 Å². The molecule has 26 heavy (non-hydrogen) atoms. The van der Waals surface area contributed by atoms with Crippen LogP contribution in [-0.2, 0) is 9.53 Å². The highest BCUT2D eigenvalue weighted by Crippen LogP contribution is 2.08. The second-order valence-electron chi connectivity index (χ2n) is 6.45. The van der Waals surface area contributed by atoms with Crippen molar-refractivity contribution in [3.05, 3.63) is 84.4 Å². The van der Waals surface area contributed by atoms with Gasteiger partial charge in [0.05, 0.1) is 21.1 Å². The van der Waals surface area contributed by atoms with Crippen molar-refractivity contribution in [2.45, 2.75) is 0 Å². The average Bonchev–Trinajstić information content (AvgIpc) is 2.62.